The minimum atomic E-state index is -0.290. The smallest absolute Gasteiger partial charge is 0.234 e. The molecule has 1 unspecified atom stereocenters. The number of nitrogens with one attached hydrogen (secondary N) is 1. The summed E-state index contributed by atoms with van der Waals surface area (Å²) in [5.41, 5.74) is 5.85. The van der Waals surface area contributed by atoms with Gasteiger partial charge in [0.05, 0.1) is 12.1 Å². The first-order valence-electron chi connectivity index (χ1n) is 7.47. The molecule has 19 heavy (non-hydrogen) atoms. The molecule has 4 heteroatoms. The van der Waals surface area contributed by atoms with Crippen LogP contribution in [0.5, 0.6) is 0 Å². The Bertz CT molecular complexity index is 280. The SMILES string of the molecule is CC(C)NC(CCOC1CCC(C)(C)CC1)C(N)=O. The van der Waals surface area contributed by atoms with E-state index in [0.717, 1.165) is 12.8 Å². The molecule has 1 aliphatic rings. The van der Waals surface area contributed by atoms with Gasteiger partial charge in [0.1, 0.15) is 0 Å². The monoisotopic (exact) mass is 270 g/mol. The van der Waals surface area contributed by atoms with Crippen LogP contribution in [0.25, 0.3) is 0 Å². The summed E-state index contributed by atoms with van der Waals surface area (Å²) >= 11 is 0. The van der Waals surface area contributed by atoms with Crippen LogP contribution < -0.4 is 11.1 Å². The number of rotatable bonds is 7. The van der Waals surface area contributed by atoms with E-state index in [2.05, 4.69) is 19.2 Å². The Hall–Kier alpha value is -0.610. The third kappa shape index (κ3) is 6.39. The molecule has 112 valence electrons. The zero-order valence-corrected chi connectivity index (χ0v) is 12.9. The fourth-order valence-electron chi connectivity index (χ4n) is 2.60. The molecule has 0 aromatic carbocycles. The molecule has 0 aliphatic heterocycles. The van der Waals surface area contributed by atoms with Crippen LogP contribution in [-0.2, 0) is 9.53 Å². The summed E-state index contributed by atoms with van der Waals surface area (Å²) in [5.74, 6) is -0.290. The Balaban J connectivity index is 2.23. The third-order valence-corrected chi connectivity index (χ3v) is 3.92. The lowest BCUT2D eigenvalue weighted by atomic mass is 9.76. The number of hydrogen-bond acceptors (Lipinski definition) is 3. The molecule has 0 heterocycles. The lowest BCUT2D eigenvalue weighted by Gasteiger charge is -2.34. The number of nitrogens with two attached hydrogens (primary N) is 1. The summed E-state index contributed by atoms with van der Waals surface area (Å²) in [7, 11) is 0. The van der Waals surface area contributed by atoms with Gasteiger partial charge in [0.2, 0.25) is 5.91 Å². The number of hydrogen-bond donors (Lipinski definition) is 2. The lowest BCUT2D eigenvalue weighted by Crippen LogP contribution is -2.45. The average molecular weight is 270 g/mol. The van der Waals surface area contributed by atoms with Crippen LogP contribution in [0.3, 0.4) is 0 Å². The van der Waals surface area contributed by atoms with E-state index in [1.165, 1.54) is 12.8 Å². The van der Waals surface area contributed by atoms with Crippen molar-refractivity contribution >= 4 is 5.91 Å². The van der Waals surface area contributed by atoms with Gasteiger partial charge in [-0.05, 0) is 37.5 Å². The van der Waals surface area contributed by atoms with E-state index < -0.39 is 0 Å². The van der Waals surface area contributed by atoms with E-state index in [1.807, 2.05) is 13.8 Å². The van der Waals surface area contributed by atoms with Crippen molar-refractivity contribution in [3.8, 4) is 0 Å². The van der Waals surface area contributed by atoms with E-state index in [0.29, 0.717) is 24.5 Å². The third-order valence-electron chi connectivity index (χ3n) is 3.92. The molecule has 0 aromatic rings. The van der Waals surface area contributed by atoms with Crippen molar-refractivity contribution in [1.29, 1.82) is 0 Å². The normalized spacial score (nSPS) is 21.5. The van der Waals surface area contributed by atoms with Crippen molar-refractivity contribution in [1.82, 2.24) is 5.32 Å². The standard InChI is InChI=1S/C15H30N2O2/c1-11(2)17-13(14(16)18)7-10-19-12-5-8-15(3,4)9-6-12/h11-13,17H,5-10H2,1-4H3,(H2,16,18). The van der Waals surface area contributed by atoms with Gasteiger partial charge >= 0.3 is 0 Å². The molecule has 4 nitrogen and oxygen atoms in total. The van der Waals surface area contributed by atoms with E-state index >= 15 is 0 Å². The Morgan fingerprint density at radius 2 is 1.95 bits per heavy atom. The molecule has 0 saturated heterocycles. The van der Waals surface area contributed by atoms with Gasteiger partial charge in [-0.15, -0.1) is 0 Å². The van der Waals surface area contributed by atoms with Crippen molar-refractivity contribution in [3.05, 3.63) is 0 Å². The van der Waals surface area contributed by atoms with Crippen molar-refractivity contribution < 1.29 is 9.53 Å². The first-order valence-corrected chi connectivity index (χ1v) is 7.47. The molecule has 1 amide bonds. The van der Waals surface area contributed by atoms with Crippen LogP contribution in [0, 0.1) is 5.41 Å². The fraction of sp³-hybridized carbons (Fsp3) is 0.933. The van der Waals surface area contributed by atoms with Crippen molar-refractivity contribution in [2.24, 2.45) is 11.1 Å². The lowest BCUT2D eigenvalue weighted by molar-refractivity contribution is -0.121. The maximum absolute atomic E-state index is 11.3. The van der Waals surface area contributed by atoms with Crippen LogP contribution in [0.1, 0.15) is 59.8 Å². The molecular weight excluding hydrogens is 240 g/mol. The average Bonchev–Trinajstić information content (AvgIpc) is 2.29. The van der Waals surface area contributed by atoms with E-state index in [9.17, 15) is 4.79 Å². The number of ether oxygens (including phenoxy) is 1. The minimum Gasteiger partial charge on any atom is -0.378 e. The van der Waals surface area contributed by atoms with Crippen molar-refractivity contribution in [3.63, 3.8) is 0 Å². The second-order valence-electron chi connectivity index (χ2n) is 6.80. The largest absolute Gasteiger partial charge is 0.378 e. The molecule has 1 aliphatic carbocycles. The highest BCUT2D eigenvalue weighted by molar-refractivity contribution is 5.79. The number of amides is 1. The van der Waals surface area contributed by atoms with Gasteiger partial charge in [-0.1, -0.05) is 27.7 Å². The second kappa shape index (κ2) is 7.25. The summed E-state index contributed by atoms with van der Waals surface area (Å²) in [5, 5.41) is 3.18. The molecule has 0 aromatic heterocycles. The van der Waals surface area contributed by atoms with Crippen molar-refractivity contribution in [2.45, 2.75) is 78.0 Å². The van der Waals surface area contributed by atoms with Crippen LogP contribution >= 0.6 is 0 Å². The van der Waals surface area contributed by atoms with Gasteiger partial charge < -0.3 is 15.8 Å². The Morgan fingerprint density at radius 1 is 1.37 bits per heavy atom. The summed E-state index contributed by atoms with van der Waals surface area (Å²) < 4.78 is 5.89. The predicted molar refractivity (Wildman–Crippen MR) is 77.9 cm³/mol. The summed E-state index contributed by atoms with van der Waals surface area (Å²) in [6, 6.07) is -0.0204. The number of carbonyl (C=O) groups excluding carboxylic acids is 1. The first kappa shape index (κ1) is 16.4. The van der Waals surface area contributed by atoms with Gasteiger partial charge in [-0.25, -0.2) is 0 Å². The first-order chi connectivity index (χ1) is 8.80. The minimum absolute atomic E-state index is 0.257. The van der Waals surface area contributed by atoms with Crippen LogP contribution in [0.4, 0.5) is 0 Å². The maximum atomic E-state index is 11.3. The Labute approximate surface area is 117 Å². The topological polar surface area (TPSA) is 64.3 Å². The second-order valence-corrected chi connectivity index (χ2v) is 6.80. The van der Waals surface area contributed by atoms with E-state index in [4.69, 9.17) is 10.5 Å². The van der Waals surface area contributed by atoms with Gasteiger partial charge in [0.15, 0.2) is 0 Å². The summed E-state index contributed by atoms with van der Waals surface area (Å²) in [6.45, 7) is 9.27. The highest BCUT2D eigenvalue weighted by atomic mass is 16.5. The van der Waals surface area contributed by atoms with Crippen LogP contribution in [0.2, 0.25) is 0 Å². The quantitative estimate of drug-likeness (QED) is 0.745. The molecule has 0 bridgehead atoms. The highest BCUT2D eigenvalue weighted by Crippen LogP contribution is 2.36. The van der Waals surface area contributed by atoms with E-state index in [1.54, 1.807) is 0 Å². The van der Waals surface area contributed by atoms with Gasteiger partial charge in [-0.2, -0.15) is 0 Å². The fourth-order valence-corrected chi connectivity index (χ4v) is 2.60. The molecule has 0 radical (unpaired) electrons. The van der Waals surface area contributed by atoms with Gasteiger partial charge in [0.25, 0.3) is 0 Å². The van der Waals surface area contributed by atoms with E-state index in [-0.39, 0.29) is 18.0 Å². The van der Waals surface area contributed by atoms with Crippen LogP contribution in [0.15, 0.2) is 0 Å². The van der Waals surface area contributed by atoms with Crippen molar-refractivity contribution in [2.75, 3.05) is 6.61 Å². The zero-order valence-electron chi connectivity index (χ0n) is 12.9. The Kier molecular flexibility index (Phi) is 6.27. The molecule has 0 spiro atoms. The molecular formula is C15H30N2O2. The number of carbonyl (C=O) groups is 1. The predicted octanol–water partition coefficient (Wildman–Crippen LogP) is 2.21. The molecule has 1 rings (SSSR count). The summed E-state index contributed by atoms with van der Waals surface area (Å²) in [6.07, 6.45) is 5.73. The number of primary amides is 1. The Morgan fingerprint density at radius 3 is 2.42 bits per heavy atom. The molecule has 1 atom stereocenters. The molecule has 1 saturated carbocycles. The van der Waals surface area contributed by atoms with Gasteiger partial charge in [-0.3, -0.25) is 4.79 Å². The molecule has 3 N–H and O–H groups in total. The molecule has 1 fully saturated rings. The highest BCUT2D eigenvalue weighted by Gasteiger charge is 2.27. The summed E-state index contributed by atoms with van der Waals surface area (Å²) in [4.78, 5) is 11.3. The van der Waals surface area contributed by atoms with Gasteiger partial charge in [0, 0.05) is 12.6 Å². The maximum Gasteiger partial charge on any atom is 0.234 e. The van der Waals surface area contributed by atoms with Crippen LogP contribution in [-0.4, -0.2) is 30.7 Å². The zero-order chi connectivity index (χ0) is 14.5.